The van der Waals surface area contributed by atoms with Crippen LogP contribution >= 0.6 is 0 Å². The number of hydrogen-bond acceptors (Lipinski definition) is 4. The van der Waals surface area contributed by atoms with E-state index < -0.39 is 0 Å². The van der Waals surface area contributed by atoms with E-state index in [0.29, 0.717) is 13.3 Å². The van der Waals surface area contributed by atoms with Crippen LogP contribution in [0.5, 0.6) is 11.5 Å². The summed E-state index contributed by atoms with van der Waals surface area (Å²) in [7, 11) is 2.21. The summed E-state index contributed by atoms with van der Waals surface area (Å²) < 4.78 is 10.8. The molecule has 110 valence electrons. The Kier molecular flexibility index (Phi) is 3.61. The first-order valence-corrected chi connectivity index (χ1v) is 7.44. The molecule has 1 unspecified atom stereocenters. The molecule has 1 heterocycles. The van der Waals surface area contributed by atoms with E-state index in [0.717, 1.165) is 30.4 Å². The van der Waals surface area contributed by atoms with Crippen LogP contribution in [0.2, 0.25) is 0 Å². The molecule has 1 aromatic rings. The molecule has 4 nitrogen and oxygen atoms in total. The molecule has 1 atom stereocenters. The standard InChI is InChI=1S/C16H24N2O2/c1-16(10-17,18(2)13-4-5-13)8-7-12-3-6-14-15(9-12)20-11-19-14/h3,6,9,13H,4-5,7-8,10-11,17H2,1-2H3. The lowest BCUT2D eigenvalue weighted by Gasteiger charge is -2.38. The Hall–Kier alpha value is -1.26. The van der Waals surface area contributed by atoms with Crippen molar-refractivity contribution in [2.75, 3.05) is 20.4 Å². The van der Waals surface area contributed by atoms with E-state index in [2.05, 4.69) is 31.0 Å². The average Bonchev–Trinajstić information content (AvgIpc) is 3.21. The smallest absolute Gasteiger partial charge is 0.231 e. The van der Waals surface area contributed by atoms with Crippen LogP contribution < -0.4 is 15.2 Å². The number of rotatable bonds is 6. The number of ether oxygens (including phenoxy) is 2. The summed E-state index contributed by atoms with van der Waals surface area (Å²) in [6.45, 7) is 3.31. The second-order valence-electron chi connectivity index (χ2n) is 6.23. The SMILES string of the molecule is CN(C1CC1)C(C)(CN)CCc1ccc2c(c1)OCO2. The van der Waals surface area contributed by atoms with E-state index in [1.807, 2.05) is 6.07 Å². The maximum Gasteiger partial charge on any atom is 0.231 e. The Bertz CT molecular complexity index is 487. The molecule has 4 heteroatoms. The predicted molar refractivity (Wildman–Crippen MR) is 79.1 cm³/mol. The maximum absolute atomic E-state index is 6.04. The highest BCUT2D eigenvalue weighted by molar-refractivity contribution is 5.44. The minimum Gasteiger partial charge on any atom is -0.454 e. The fraction of sp³-hybridized carbons (Fsp3) is 0.625. The van der Waals surface area contributed by atoms with Crippen LogP contribution in [-0.2, 0) is 6.42 Å². The van der Waals surface area contributed by atoms with Crippen LogP contribution in [0.4, 0.5) is 0 Å². The van der Waals surface area contributed by atoms with Gasteiger partial charge in [0, 0.05) is 18.1 Å². The average molecular weight is 276 g/mol. The van der Waals surface area contributed by atoms with Crippen LogP contribution in [0.3, 0.4) is 0 Å². The topological polar surface area (TPSA) is 47.7 Å². The van der Waals surface area contributed by atoms with Crippen molar-refractivity contribution in [3.8, 4) is 11.5 Å². The van der Waals surface area contributed by atoms with E-state index in [-0.39, 0.29) is 5.54 Å². The summed E-state index contributed by atoms with van der Waals surface area (Å²) in [5, 5.41) is 0. The summed E-state index contributed by atoms with van der Waals surface area (Å²) in [6, 6.07) is 6.96. The fourth-order valence-corrected chi connectivity index (χ4v) is 2.84. The van der Waals surface area contributed by atoms with Gasteiger partial charge in [-0.05, 0) is 57.4 Å². The number of fused-ring (bicyclic) bond motifs is 1. The fourth-order valence-electron chi connectivity index (χ4n) is 2.84. The van der Waals surface area contributed by atoms with Gasteiger partial charge in [0.05, 0.1) is 0 Å². The molecular weight excluding hydrogens is 252 g/mol. The van der Waals surface area contributed by atoms with E-state index in [1.165, 1.54) is 18.4 Å². The molecule has 3 rings (SSSR count). The minimum absolute atomic E-state index is 0.0809. The second-order valence-corrected chi connectivity index (χ2v) is 6.23. The van der Waals surface area contributed by atoms with Gasteiger partial charge in [-0.25, -0.2) is 0 Å². The lowest BCUT2D eigenvalue weighted by molar-refractivity contribution is 0.125. The molecule has 2 N–H and O–H groups in total. The summed E-state index contributed by atoms with van der Waals surface area (Å²) in [5.41, 5.74) is 7.41. The number of nitrogens with zero attached hydrogens (tertiary/aromatic N) is 1. The van der Waals surface area contributed by atoms with Gasteiger partial charge < -0.3 is 15.2 Å². The number of nitrogens with two attached hydrogens (primary N) is 1. The van der Waals surface area contributed by atoms with E-state index in [4.69, 9.17) is 15.2 Å². The first kappa shape index (κ1) is 13.7. The molecule has 0 spiro atoms. The zero-order chi connectivity index (χ0) is 14.2. The van der Waals surface area contributed by atoms with Gasteiger partial charge >= 0.3 is 0 Å². The van der Waals surface area contributed by atoms with Crippen molar-refractivity contribution in [3.63, 3.8) is 0 Å². The van der Waals surface area contributed by atoms with Gasteiger partial charge in [-0.15, -0.1) is 0 Å². The predicted octanol–water partition coefficient (Wildman–Crippen LogP) is 2.16. The molecular formula is C16H24N2O2. The van der Waals surface area contributed by atoms with Crippen molar-refractivity contribution >= 4 is 0 Å². The number of benzene rings is 1. The van der Waals surface area contributed by atoms with Crippen molar-refractivity contribution in [2.45, 2.75) is 44.2 Å². The molecule has 20 heavy (non-hydrogen) atoms. The molecule has 0 saturated heterocycles. The third-order valence-corrected chi connectivity index (χ3v) is 4.78. The summed E-state index contributed by atoms with van der Waals surface area (Å²) >= 11 is 0. The van der Waals surface area contributed by atoms with Crippen LogP contribution in [0, 0.1) is 0 Å². The Morgan fingerprint density at radius 1 is 1.30 bits per heavy atom. The lowest BCUT2D eigenvalue weighted by atomic mass is 9.91. The third-order valence-electron chi connectivity index (χ3n) is 4.78. The molecule has 2 aliphatic rings. The monoisotopic (exact) mass is 276 g/mol. The van der Waals surface area contributed by atoms with Crippen LogP contribution in [0.15, 0.2) is 18.2 Å². The number of aryl methyl sites for hydroxylation is 1. The zero-order valence-corrected chi connectivity index (χ0v) is 12.4. The minimum atomic E-state index is 0.0809. The van der Waals surface area contributed by atoms with Gasteiger partial charge in [-0.3, -0.25) is 4.90 Å². The van der Waals surface area contributed by atoms with E-state index in [9.17, 15) is 0 Å². The van der Waals surface area contributed by atoms with Crippen molar-refractivity contribution in [1.29, 1.82) is 0 Å². The second kappa shape index (κ2) is 5.26. The largest absolute Gasteiger partial charge is 0.454 e. The Morgan fingerprint density at radius 3 is 2.75 bits per heavy atom. The van der Waals surface area contributed by atoms with Crippen LogP contribution in [0.25, 0.3) is 0 Å². The Labute approximate surface area is 120 Å². The molecule has 1 saturated carbocycles. The highest BCUT2D eigenvalue weighted by Gasteiger charge is 2.37. The Morgan fingerprint density at radius 2 is 2.05 bits per heavy atom. The summed E-state index contributed by atoms with van der Waals surface area (Å²) in [4.78, 5) is 2.47. The molecule has 0 aromatic heterocycles. The van der Waals surface area contributed by atoms with Crippen molar-refractivity contribution in [3.05, 3.63) is 23.8 Å². The first-order chi connectivity index (χ1) is 9.62. The molecule has 1 fully saturated rings. The van der Waals surface area contributed by atoms with Gasteiger partial charge in [-0.1, -0.05) is 6.07 Å². The zero-order valence-electron chi connectivity index (χ0n) is 12.4. The van der Waals surface area contributed by atoms with Gasteiger partial charge in [-0.2, -0.15) is 0 Å². The molecule has 0 radical (unpaired) electrons. The summed E-state index contributed by atoms with van der Waals surface area (Å²) in [6.07, 6.45) is 4.71. The van der Waals surface area contributed by atoms with Crippen molar-refractivity contribution in [1.82, 2.24) is 4.90 Å². The highest BCUT2D eigenvalue weighted by atomic mass is 16.7. The number of likely N-dealkylation sites (N-methyl/N-ethyl adjacent to an activating group) is 1. The summed E-state index contributed by atoms with van der Waals surface area (Å²) in [5.74, 6) is 1.72. The van der Waals surface area contributed by atoms with Crippen molar-refractivity contribution < 1.29 is 9.47 Å². The van der Waals surface area contributed by atoms with Crippen molar-refractivity contribution in [2.24, 2.45) is 5.73 Å². The van der Waals surface area contributed by atoms with Gasteiger partial charge in [0.1, 0.15) is 0 Å². The van der Waals surface area contributed by atoms with Gasteiger partial charge in [0.25, 0.3) is 0 Å². The maximum atomic E-state index is 6.04. The van der Waals surface area contributed by atoms with Gasteiger partial charge in [0.2, 0.25) is 6.79 Å². The lowest BCUT2D eigenvalue weighted by Crippen LogP contribution is -2.51. The molecule has 1 aromatic carbocycles. The van der Waals surface area contributed by atoms with E-state index >= 15 is 0 Å². The normalized spacial score (nSPS) is 20.2. The third kappa shape index (κ3) is 2.63. The quantitative estimate of drug-likeness (QED) is 0.865. The van der Waals surface area contributed by atoms with Gasteiger partial charge in [0.15, 0.2) is 11.5 Å². The first-order valence-electron chi connectivity index (χ1n) is 7.44. The number of hydrogen-bond donors (Lipinski definition) is 1. The molecule has 1 aliphatic heterocycles. The molecule has 0 amide bonds. The molecule has 1 aliphatic carbocycles. The Balaban J connectivity index is 1.65. The highest BCUT2D eigenvalue weighted by Crippen LogP contribution is 2.35. The molecule has 0 bridgehead atoms. The van der Waals surface area contributed by atoms with Crippen LogP contribution in [-0.4, -0.2) is 36.9 Å². The van der Waals surface area contributed by atoms with Crippen LogP contribution in [0.1, 0.15) is 31.7 Å². The van der Waals surface area contributed by atoms with E-state index in [1.54, 1.807) is 0 Å².